The molecule has 286 valence electrons. The number of carbonyl (C=O) groups is 3. The van der Waals surface area contributed by atoms with Crippen LogP contribution in [-0.4, -0.2) is 76.4 Å². The van der Waals surface area contributed by atoms with Crippen LogP contribution in [-0.2, 0) is 19.1 Å². The Balaban J connectivity index is -0.0000000702. The Kier molecular flexibility index (Phi) is 53.9. The molecule has 0 spiro atoms. The first kappa shape index (κ1) is 64.4. The van der Waals surface area contributed by atoms with Crippen LogP contribution in [0.5, 0.6) is 0 Å². The average molecular weight is 723 g/mol. The minimum atomic E-state index is -1.60. The van der Waals surface area contributed by atoms with Gasteiger partial charge in [-0.25, -0.2) is 0 Å². The number of carbonyl (C=O) groups excluding carboxylic acids is 1. The van der Waals surface area contributed by atoms with E-state index in [1.807, 2.05) is 16.0 Å². The molecule has 9 N–H and O–H groups in total. The number of halogens is 1. The van der Waals surface area contributed by atoms with E-state index >= 15 is 0 Å². The number of hydrogen-bond donors (Lipinski definition) is 8. The molecule has 0 aliphatic heterocycles. The number of anilines is 2. The molecule has 0 fully saturated rings. The number of hydrogen-bond acceptors (Lipinski definition) is 9. The summed E-state index contributed by atoms with van der Waals surface area (Å²) in [6.07, 6.45) is 1.45. The molecule has 0 aliphatic carbocycles. The van der Waals surface area contributed by atoms with Crippen molar-refractivity contribution in [1.82, 2.24) is 0 Å². The summed E-state index contributed by atoms with van der Waals surface area (Å²) in [4.78, 5) is 32.9. The summed E-state index contributed by atoms with van der Waals surface area (Å²) in [5.74, 6) is -3.07. The maximum atomic E-state index is 12.0. The van der Waals surface area contributed by atoms with E-state index in [-0.39, 0.29) is 68.3 Å². The maximum Gasteiger partial charge on any atom is 0.0785 e. The van der Waals surface area contributed by atoms with E-state index in [2.05, 4.69) is 5.32 Å². The molecule has 12 nitrogen and oxygen atoms in total. The molecule has 0 aliphatic rings. The van der Waals surface area contributed by atoms with Crippen molar-refractivity contribution in [3.63, 3.8) is 0 Å². The zero-order valence-corrected chi connectivity index (χ0v) is 25.9. The summed E-state index contributed by atoms with van der Waals surface area (Å²) >= 11 is 0. The van der Waals surface area contributed by atoms with Gasteiger partial charge >= 0.3 is 46.9 Å². The van der Waals surface area contributed by atoms with Gasteiger partial charge in [-0.05, 0) is 54.5 Å². The van der Waals surface area contributed by atoms with Crippen LogP contribution >= 0.6 is 9.12 Å². The van der Waals surface area contributed by atoms with Gasteiger partial charge in [0.1, 0.15) is 0 Å². The van der Waals surface area contributed by atoms with Crippen molar-refractivity contribution >= 4 is 70.4 Å². The van der Waals surface area contributed by atoms with Gasteiger partial charge in [0.2, 0.25) is 5.91 Å². The molecule has 1 amide bonds. The van der Waals surface area contributed by atoms with E-state index in [0.29, 0.717) is 30.1 Å². The third-order valence-electron chi connectivity index (χ3n) is 5.62. The van der Waals surface area contributed by atoms with Gasteiger partial charge in [-0.2, -0.15) is 0 Å². The van der Waals surface area contributed by atoms with Crippen LogP contribution in [0.1, 0.15) is 92.9 Å². The standard InChI is InChI=1S/C14H20BNO5.C6H8BNO2.C5H10O2.CH3F.6CH4.BH2OP/c1-3-10(14(18)19)7-9(2)13(17)16-12-6-4-5-11(8-12)15(20)21;8-6-3-1-2-5(4-6)7(9)10;1-3-4(2)5(6)7;1-2;;;;;;;2-1-3/h4-6,8-10,20-21H,3,7H2,1-2H3,(H,16,17)(H,18,19);1-4,9-10H,8H2;4H,3H2,1-2H3,(H,6,7);1H3;6*1H4;3H2/i;;;1D;;;;;;;. The average Bonchev–Trinajstić information content (AvgIpc) is 2.96. The number of benzene rings is 2. The molecular formula is C32H67B3FN2O10P. The van der Waals surface area contributed by atoms with E-state index in [9.17, 15) is 18.8 Å². The second-order valence-corrected chi connectivity index (χ2v) is 9.17. The second kappa shape index (κ2) is 41.0. The fourth-order valence-corrected chi connectivity index (χ4v) is 2.91. The van der Waals surface area contributed by atoms with Crippen molar-refractivity contribution in [1.29, 1.82) is 0 Å². The third-order valence-corrected chi connectivity index (χ3v) is 5.62. The Morgan fingerprint density at radius 3 is 1.55 bits per heavy atom. The van der Waals surface area contributed by atoms with Gasteiger partial charge in [-0.15, -0.1) is 0 Å². The monoisotopic (exact) mass is 723 g/mol. The predicted octanol–water partition coefficient (Wildman–Crippen LogP) is 4.74. The Morgan fingerprint density at radius 2 is 1.27 bits per heavy atom. The van der Waals surface area contributed by atoms with E-state index in [1.54, 1.807) is 51.1 Å². The SMILES string of the molecule is C.C.C.C.C.C.CCC(C)C(=O)O.CCC(CC(C)C(=O)Nc1cccc(B(O)O)c1)C(=O)O.Nc1cccc(B(O)O)c1.O=BP.[2H]CF. The topological polar surface area (TPSA) is 228 Å². The first-order valence-corrected chi connectivity index (χ1v) is 13.7. The first-order valence-electron chi connectivity index (χ1n) is 13.7. The van der Waals surface area contributed by atoms with Crippen LogP contribution in [0.2, 0.25) is 0 Å². The van der Waals surface area contributed by atoms with Gasteiger partial charge in [-0.3, -0.25) is 18.8 Å². The summed E-state index contributed by atoms with van der Waals surface area (Å²) in [5.41, 5.74) is 7.04. The van der Waals surface area contributed by atoms with Crippen LogP contribution in [0.4, 0.5) is 15.8 Å². The zero-order chi connectivity index (χ0) is 34.8. The summed E-state index contributed by atoms with van der Waals surface area (Å²) in [6, 6.07) is 12.7. The van der Waals surface area contributed by atoms with Crippen LogP contribution in [0, 0.1) is 17.8 Å². The summed E-state index contributed by atoms with van der Waals surface area (Å²) in [5, 5.41) is 55.3. The summed E-state index contributed by atoms with van der Waals surface area (Å²) in [6.45, 7) is 7.67. The van der Waals surface area contributed by atoms with Crippen LogP contribution in [0.3, 0.4) is 0 Å². The van der Waals surface area contributed by atoms with Crippen molar-refractivity contribution in [2.75, 3.05) is 18.2 Å². The predicted molar refractivity (Wildman–Crippen MR) is 211 cm³/mol. The Morgan fingerprint density at radius 1 is 0.857 bits per heavy atom. The molecule has 4 atom stereocenters. The molecule has 0 saturated carbocycles. The number of carboxylic acids is 2. The molecular weight excluding hydrogens is 655 g/mol. The molecule has 0 saturated heterocycles. The number of nitrogens with two attached hydrogens (primary N) is 1. The number of amides is 1. The van der Waals surface area contributed by atoms with Gasteiger partial charge < -0.3 is 41.4 Å². The maximum absolute atomic E-state index is 12.0. The number of carboxylic acid groups (broad SMARTS) is 2. The van der Waals surface area contributed by atoms with E-state index in [0.717, 1.165) is 6.42 Å². The van der Waals surface area contributed by atoms with Crippen molar-refractivity contribution < 1.29 is 55.2 Å². The summed E-state index contributed by atoms with van der Waals surface area (Å²) < 4.78 is 24.3. The van der Waals surface area contributed by atoms with E-state index in [4.69, 9.17) is 42.1 Å². The number of rotatable bonds is 10. The second-order valence-electron chi connectivity index (χ2n) is 8.90. The van der Waals surface area contributed by atoms with Gasteiger partial charge in [0, 0.05) is 17.3 Å². The van der Waals surface area contributed by atoms with Crippen LogP contribution in [0.15, 0.2) is 48.5 Å². The molecule has 2 rings (SSSR count). The Bertz CT molecular complexity index is 1110. The molecule has 2 aromatic carbocycles. The molecule has 0 bridgehead atoms. The van der Waals surface area contributed by atoms with Crippen LogP contribution < -0.4 is 22.0 Å². The van der Waals surface area contributed by atoms with Crippen molar-refractivity contribution in [2.24, 2.45) is 17.8 Å². The molecule has 0 aromatic heterocycles. The zero-order valence-electron chi connectivity index (χ0n) is 25.8. The number of alkyl halides is 1. The van der Waals surface area contributed by atoms with Gasteiger partial charge in [0.05, 0.1) is 20.4 Å². The van der Waals surface area contributed by atoms with Gasteiger partial charge in [-0.1, -0.05) is 96.5 Å². The van der Waals surface area contributed by atoms with Crippen molar-refractivity contribution in [3.8, 4) is 0 Å². The molecule has 17 heteroatoms. The molecule has 0 heterocycles. The fraction of sp³-hybridized carbons (Fsp3) is 0.531. The van der Waals surface area contributed by atoms with Crippen LogP contribution in [0.25, 0.3) is 0 Å². The minimum absolute atomic E-state index is 0. The molecule has 2 aromatic rings. The third kappa shape index (κ3) is 34.5. The van der Waals surface area contributed by atoms with Gasteiger partial charge in [0.25, 0.3) is 0 Å². The van der Waals surface area contributed by atoms with Crippen molar-refractivity contribution in [2.45, 2.75) is 91.5 Å². The number of nitrogens with one attached hydrogen (secondary N) is 1. The Labute approximate surface area is 301 Å². The molecule has 49 heavy (non-hydrogen) atoms. The quantitative estimate of drug-likeness (QED) is 0.0949. The smallest absolute Gasteiger partial charge is 0.0785 e. The normalized spacial score (nSPS) is 10.1. The van der Waals surface area contributed by atoms with Gasteiger partial charge in [0.15, 0.2) is 0 Å². The number of nitrogen functional groups attached to an aromatic ring is 1. The Hall–Kier alpha value is -3.16. The first-order chi connectivity index (χ1) is 20.6. The largest absolute Gasteiger partial charge is 0.255 e. The molecule has 4 unspecified atom stereocenters. The van der Waals surface area contributed by atoms with Crippen molar-refractivity contribution in [3.05, 3.63) is 48.5 Å². The fourth-order valence-electron chi connectivity index (χ4n) is 2.91. The summed E-state index contributed by atoms with van der Waals surface area (Å²) in [7, 11) is -2.13. The number of aliphatic carboxylic acids is 2. The minimum Gasteiger partial charge on any atom is -0.255 e. The van der Waals surface area contributed by atoms with E-state index < -0.39 is 45.2 Å². The molecule has 0 radical (unpaired) electrons. The van der Waals surface area contributed by atoms with E-state index in [1.165, 1.54) is 18.2 Å².